The summed E-state index contributed by atoms with van der Waals surface area (Å²) in [6.07, 6.45) is 0. The lowest BCUT2D eigenvalue weighted by Gasteiger charge is -2.34. The molecule has 5 nitrogen and oxygen atoms in total. The van der Waals surface area contributed by atoms with E-state index in [2.05, 4.69) is 0 Å². The highest BCUT2D eigenvalue weighted by Gasteiger charge is 2.28. The Morgan fingerprint density at radius 3 is 2.79 bits per heavy atom. The third kappa shape index (κ3) is 3.59. The van der Waals surface area contributed by atoms with E-state index in [0.29, 0.717) is 25.2 Å². The van der Waals surface area contributed by atoms with E-state index >= 15 is 0 Å². The molecule has 0 aliphatic carbocycles. The van der Waals surface area contributed by atoms with Crippen LogP contribution in [0.1, 0.15) is 20.8 Å². The predicted molar refractivity (Wildman–Crippen MR) is 93.4 cm³/mol. The zero-order valence-electron chi connectivity index (χ0n) is 13.8. The van der Waals surface area contributed by atoms with Crippen LogP contribution in [0.25, 0.3) is 0 Å². The molecule has 126 valence electrons. The molecule has 0 atom stereocenters. The van der Waals surface area contributed by atoms with Crippen molar-refractivity contribution < 1.29 is 14.3 Å². The van der Waals surface area contributed by atoms with Crippen molar-refractivity contribution in [3.63, 3.8) is 0 Å². The summed E-state index contributed by atoms with van der Waals surface area (Å²) in [7, 11) is 1.63. The molecule has 1 aromatic carbocycles. The maximum Gasteiger partial charge on any atom is 0.255 e. The first-order valence-electron chi connectivity index (χ1n) is 7.82. The van der Waals surface area contributed by atoms with Crippen molar-refractivity contribution in [2.45, 2.75) is 13.5 Å². The van der Waals surface area contributed by atoms with Crippen LogP contribution >= 0.6 is 11.3 Å². The van der Waals surface area contributed by atoms with Crippen molar-refractivity contribution in [2.75, 3.05) is 26.7 Å². The first kappa shape index (κ1) is 16.5. The number of hydrogen-bond acceptors (Lipinski definition) is 4. The first-order valence-corrected chi connectivity index (χ1v) is 8.70. The molecule has 3 rings (SSSR count). The van der Waals surface area contributed by atoms with Crippen molar-refractivity contribution in [1.29, 1.82) is 0 Å². The molecule has 0 unspecified atom stereocenters. The molecule has 1 aliphatic rings. The lowest BCUT2D eigenvalue weighted by atomic mass is 10.1. The van der Waals surface area contributed by atoms with Crippen molar-refractivity contribution in [3.05, 3.63) is 51.7 Å². The number of rotatable bonds is 4. The summed E-state index contributed by atoms with van der Waals surface area (Å²) in [5.41, 5.74) is 1.70. The van der Waals surface area contributed by atoms with Crippen LogP contribution in [-0.2, 0) is 11.3 Å². The van der Waals surface area contributed by atoms with Gasteiger partial charge in [-0.25, -0.2) is 0 Å². The minimum absolute atomic E-state index is 0.0237. The quantitative estimate of drug-likeness (QED) is 0.856. The summed E-state index contributed by atoms with van der Waals surface area (Å²) in [5.74, 6) is 0.694. The molecule has 0 bridgehead atoms. The Balaban J connectivity index is 1.62. The van der Waals surface area contributed by atoms with Gasteiger partial charge >= 0.3 is 0 Å². The predicted octanol–water partition coefficient (Wildman–Crippen LogP) is 2.55. The lowest BCUT2D eigenvalue weighted by molar-refractivity contribution is -0.135. The third-order valence-corrected chi connectivity index (χ3v) is 4.95. The van der Waals surface area contributed by atoms with E-state index in [1.807, 2.05) is 42.6 Å². The Labute approximate surface area is 145 Å². The van der Waals surface area contributed by atoms with Crippen LogP contribution in [0.15, 0.2) is 35.7 Å². The van der Waals surface area contributed by atoms with E-state index < -0.39 is 0 Å². The molecule has 0 N–H and O–H groups in total. The molecule has 1 saturated heterocycles. The van der Waals surface area contributed by atoms with E-state index in [4.69, 9.17) is 4.74 Å². The van der Waals surface area contributed by atoms with Crippen molar-refractivity contribution in [2.24, 2.45) is 0 Å². The van der Waals surface area contributed by atoms with Crippen LogP contribution in [0.5, 0.6) is 5.75 Å². The van der Waals surface area contributed by atoms with Gasteiger partial charge in [-0.3, -0.25) is 9.59 Å². The van der Waals surface area contributed by atoms with Crippen molar-refractivity contribution >= 4 is 23.2 Å². The summed E-state index contributed by atoms with van der Waals surface area (Å²) < 4.78 is 5.21. The molecular weight excluding hydrogens is 324 g/mol. The van der Waals surface area contributed by atoms with E-state index in [-0.39, 0.29) is 18.4 Å². The number of methoxy groups -OCH3 is 1. The maximum absolute atomic E-state index is 12.5. The second-order valence-electron chi connectivity index (χ2n) is 5.84. The average Bonchev–Trinajstić information content (AvgIpc) is 3.02. The number of amides is 2. The Morgan fingerprint density at radius 2 is 2.12 bits per heavy atom. The number of aryl methyl sites for hydroxylation is 1. The summed E-state index contributed by atoms with van der Waals surface area (Å²) in [5, 5.41) is 1.85. The minimum atomic E-state index is -0.0614. The number of ether oxygens (including phenoxy) is 1. The van der Waals surface area contributed by atoms with E-state index in [9.17, 15) is 9.59 Å². The molecule has 2 amide bonds. The Bertz CT molecular complexity index is 756. The second kappa shape index (κ2) is 7.05. The number of thiophene rings is 1. The maximum atomic E-state index is 12.5. The molecule has 0 spiro atoms. The molecule has 24 heavy (non-hydrogen) atoms. The highest BCUT2D eigenvalue weighted by Crippen LogP contribution is 2.18. The van der Waals surface area contributed by atoms with E-state index in [1.54, 1.807) is 28.2 Å². The Hall–Kier alpha value is -2.34. The molecular formula is C18H20N2O3S. The van der Waals surface area contributed by atoms with Crippen LogP contribution < -0.4 is 4.74 Å². The average molecular weight is 344 g/mol. The Morgan fingerprint density at radius 1 is 1.29 bits per heavy atom. The van der Waals surface area contributed by atoms with Crippen molar-refractivity contribution in [3.8, 4) is 5.75 Å². The summed E-state index contributed by atoms with van der Waals surface area (Å²) in [4.78, 5) is 29.4. The molecule has 1 fully saturated rings. The topological polar surface area (TPSA) is 49.9 Å². The molecule has 0 radical (unpaired) electrons. The molecule has 6 heteroatoms. The first-order chi connectivity index (χ1) is 11.6. The van der Waals surface area contributed by atoms with Gasteiger partial charge in [-0.1, -0.05) is 12.1 Å². The fourth-order valence-electron chi connectivity index (χ4n) is 2.78. The van der Waals surface area contributed by atoms with Gasteiger partial charge in [0.1, 0.15) is 12.3 Å². The van der Waals surface area contributed by atoms with E-state index in [1.165, 1.54) is 0 Å². The van der Waals surface area contributed by atoms with Gasteiger partial charge < -0.3 is 14.5 Å². The zero-order chi connectivity index (χ0) is 17.1. The van der Waals surface area contributed by atoms with Crippen LogP contribution in [0, 0.1) is 6.92 Å². The fourth-order valence-corrected chi connectivity index (χ4v) is 3.46. The van der Waals surface area contributed by atoms with Crippen LogP contribution in [0.4, 0.5) is 0 Å². The number of hydrogen-bond donors (Lipinski definition) is 0. The lowest BCUT2D eigenvalue weighted by Crippen LogP contribution is -2.51. The van der Waals surface area contributed by atoms with Crippen LogP contribution in [0.2, 0.25) is 0 Å². The molecule has 2 heterocycles. The smallest absolute Gasteiger partial charge is 0.255 e. The normalized spacial score (nSPS) is 14.8. The van der Waals surface area contributed by atoms with Crippen LogP contribution in [0.3, 0.4) is 0 Å². The number of piperazine rings is 1. The fraction of sp³-hybridized carbons (Fsp3) is 0.333. The molecule has 2 aromatic rings. The second-order valence-corrected chi connectivity index (χ2v) is 6.95. The SMILES string of the molecule is COc1cccc(CN2CCN(C(=O)c3csc(C)c3)CC2=O)c1. The summed E-state index contributed by atoms with van der Waals surface area (Å²) in [6.45, 7) is 3.75. The number of carbonyl (C=O) groups excluding carboxylic acids is 2. The van der Waals surface area contributed by atoms with Gasteiger partial charge in [0.25, 0.3) is 5.91 Å². The highest BCUT2D eigenvalue weighted by molar-refractivity contribution is 7.10. The van der Waals surface area contributed by atoms with Gasteiger partial charge in [-0.15, -0.1) is 11.3 Å². The standard InChI is InChI=1S/C18H20N2O3S/c1-13-8-15(12-24-13)18(22)20-7-6-19(17(21)11-20)10-14-4-3-5-16(9-14)23-2/h3-5,8-9,12H,6-7,10-11H2,1-2H3. The van der Waals surface area contributed by atoms with Gasteiger partial charge in [0.2, 0.25) is 5.91 Å². The van der Waals surface area contributed by atoms with Crippen molar-refractivity contribution in [1.82, 2.24) is 9.80 Å². The monoisotopic (exact) mass is 344 g/mol. The number of carbonyl (C=O) groups is 2. The largest absolute Gasteiger partial charge is 0.497 e. The number of benzene rings is 1. The van der Waals surface area contributed by atoms with Gasteiger partial charge in [0, 0.05) is 29.9 Å². The minimum Gasteiger partial charge on any atom is -0.497 e. The van der Waals surface area contributed by atoms with E-state index in [0.717, 1.165) is 16.2 Å². The van der Waals surface area contributed by atoms with Crippen LogP contribution in [-0.4, -0.2) is 48.4 Å². The van der Waals surface area contributed by atoms with Gasteiger partial charge in [0.15, 0.2) is 0 Å². The summed E-state index contributed by atoms with van der Waals surface area (Å²) >= 11 is 1.55. The third-order valence-electron chi connectivity index (χ3n) is 4.09. The summed E-state index contributed by atoms with van der Waals surface area (Å²) in [6, 6.07) is 9.57. The zero-order valence-corrected chi connectivity index (χ0v) is 14.6. The number of nitrogens with zero attached hydrogens (tertiary/aromatic N) is 2. The molecule has 1 aromatic heterocycles. The highest BCUT2D eigenvalue weighted by atomic mass is 32.1. The molecule has 0 saturated carbocycles. The van der Waals surface area contributed by atoms with Gasteiger partial charge in [0.05, 0.1) is 12.7 Å². The Kier molecular flexibility index (Phi) is 4.85. The molecule has 1 aliphatic heterocycles. The van der Waals surface area contributed by atoms with Gasteiger partial charge in [-0.2, -0.15) is 0 Å². The van der Waals surface area contributed by atoms with Gasteiger partial charge in [-0.05, 0) is 30.7 Å².